The maximum absolute atomic E-state index is 13.7. The van der Waals surface area contributed by atoms with E-state index in [-0.39, 0.29) is 12.2 Å². The minimum atomic E-state index is -1.22. The van der Waals surface area contributed by atoms with Crippen LogP contribution >= 0.6 is 15.9 Å². The van der Waals surface area contributed by atoms with Crippen molar-refractivity contribution in [3.63, 3.8) is 0 Å². The second kappa shape index (κ2) is 7.64. The summed E-state index contributed by atoms with van der Waals surface area (Å²) in [5, 5.41) is 11.0. The molecule has 3 aromatic carbocycles. The second-order valence-electron chi connectivity index (χ2n) is 6.61. The monoisotopic (exact) mass is 451 g/mol. The molecule has 1 heterocycles. The average Bonchev–Trinajstić information content (AvgIpc) is 2.70. The first-order valence-electron chi connectivity index (χ1n) is 8.85. The fourth-order valence-electron chi connectivity index (χ4n) is 3.51. The van der Waals surface area contributed by atoms with Crippen LogP contribution in [0.1, 0.15) is 16.1 Å². The Kier molecular flexibility index (Phi) is 5.03. The predicted molar refractivity (Wildman–Crippen MR) is 114 cm³/mol. The third kappa shape index (κ3) is 3.59. The fraction of sp³-hybridized carbons (Fsp3) is 0.0435. The Morgan fingerprint density at radius 3 is 2.41 bits per heavy atom. The van der Waals surface area contributed by atoms with Crippen LogP contribution in [0.25, 0.3) is 21.9 Å². The molecule has 0 saturated heterocycles. The molecule has 0 spiro atoms. The second-order valence-corrected chi connectivity index (χ2v) is 7.52. The van der Waals surface area contributed by atoms with Crippen LogP contribution < -0.4 is 5.56 Å². The molecule has 0 unspecified atom stereocenters. The van der Waals surface area contributed by atoms with E-state index in [1.165, 1.54) is 22.8 Å². The van der Waals surface area contributed by atoms with Gasteiger partial charge in [-0.3, -0.25) is 9.36 Å². The standard InChI is InChI=1S/C23H15BrFNO3/c24-16-9-10-18-19(12-16)20(15-6-2-1-3-7-15)21(23(28)29)26(22(18)27)13-14-5-4-8-17(25)11-14/h1-12H,13H2,(H,28,29). The number of hydrogen-bond acceptors (Lipinski definition) is 2. The molecule has 4 aromatic rings. The van der Waals surface area contributed by atoms with Crippen LogP contribution in [-0.2, 0) is 6.54 Å². The van der Waals surface area contributed by atoms with Crippen LogP contribution in [0.2, 0.25) is 0 Å². The highest BCUT2D eigenvalue weighted by Crippen LogP contribution is 2.32. The van der Waals surface area contributed by atoms with Crippen molar-refractivity contribution in [2.45, 2.75) is 6.54 Å². The summed E-state index contributed by atoms with van der Waals surface area (Å²) in [4.78, 5) is 25.5. The molecule has 0 saturated carbocycles. The number of hydrogen-bond donors (Lipinski definition) is 1. The van der Waals surface area contributed by atoms with Gasteiger partial charge in [0.25, 0.3) is 5.56 Å². The molecule has 29 heavy (non-hydrogen) atoms. The summed E-state index contributed by atoms with van der Waals surface area (Å²) in [6.45, 7) is -0.0515. The fourth-order valence-corrected chi connectivity index (χ4v) is 3.87. The minimum Gasteiger partial charge on any atom is -0.477 e. The molecule has 144 valence electrons. The summed E-state index contributed by atoms with van der Waals surface area (Å²) in [5.41, 5.74) is 1.07. The van der Waals surface area contributed by atoms with Crippen LogP contribution in [0, 0.1) is 5.82 Å². The van der Waals surface area contributed by atoms with Crippen LogP contribution in [0.15, 0.2) is 82.1 Å². The van der Waals surface area contributed by atoms with Gasteiger partial charge in [-0.15, -0.1) is 0 Å². The Labute approximate surface area is 174 Å². The SMILES string of the molecule is O=C(O)c1c(-c2ccccc2)c2cc(Br)ccc2c(=O)n1Cc1cccc(F)c1. The molecule has 0 amide bonds. The quantitative estimate of drug-likeness (QED) is 0.456. The molecule has 6 heteroatoms. The molecule has 0 fully saturated rings. The molecule has 0 atom stereocenters. The number of carboxylic acids is 1. The van der Waals surface area contributed by atoms with Gasteiger partial charge in [-0.1, -0.05) is 58.4 Å². The summed E-state index contributed by atoms with van der Waals surface area (Å²) in [6, 6.07) is 20.0. The van der Waals surface area contributed by atoms with E-state index in [0.29, 0.717) is 27.5 Å². The molecular formula is C23H15BrFNO3. The van der Waals surface area contributed by atoms with Gasteiger partial charge in [0.15, 0.2) is 0 Å². The highest BCUT2D eigenvalue weighted by molar-refractivity contribution is 9.10. The van der Waals surface area contributed by atoms with Gasteiger partial charge in [0.1, 0.15) is 11.5 Å². The number of carboxylic acid groups (broad SMARTS) is 1. The average molecular weight is 452 g/mol. The first-order chi connectivity index (χ1) is 14.0. The molecule has 0 aliphatic heterocycles. The lowest BCUT2D eigenvalue weighted by molar-refractivity contribution is 0.0685. The van der Waals surface area contributed by atoms with E-state index in [0.717, 1.165) is 4.47 Å². The molecule has 1 aromatic heterocycles. The van der Waals surface area contributed by atoms with Crippen molar-refractivity contribution in [3.8, 4) is 11.1 Å². The number of aromatic nitrogens is 1. The summed E-state index contributed by atoms with van der Waals surface area (Å²) in [6.07, 6.45) is 0. The van der Waals surface area contributed by atoms with Crippen LogP contribution in [-0.4, -0.2) is 15.6 Å². The normalized spacial score (nSPS) is 11.0. The van der Waals surface area contributed by atoms with E-state index < -0.39 is 17.3 Å². The molecule has 0 aliphatic carbocycles. The van der Waals surface area contributed by atoms with Crippen molar-refractivity contribution in [2.75, 3.05) is 0 Å². The number of benzene rings is 3. The van der Waals surface area contributed by atoms with E-state index in [1.807, 2.05) is 18.2 Å². The summed E-state index contributed by atoms with van der Waals surface area (Å²) in [7, 11) is 0. The molecule has 0 radical (unpaired) electrons. The van der Waals surface area contributed by atoms with E-state index in [4.69, 9.17) is 0 Å². The van der Waals surface area contributed by atoms with Crippen molar-refractivity contribution < 1.29 is 14.3 Å². The predicted octanol–water partition coefficient (Wildman–Crippen LogP) is 5.32. The van der Waals surface area contributed by atoms with Crippen molar-refractivity contribution in [1.29, 1.82) is 0 Å². The van der Waals surface area contributed by atoms with E-state index in [9.17, 15) is 19.1 Å². The smallest absolute Gasteiger partial charge is 0.353 e. The number of aromatic carboxylic acids is 1. The zero-order valence-corrected chi connectivity index (χ0v) is 16.7. The van der Waals surface area contributed by atoms with Gasteiger partial charge in [0, 0.05) is 15.4 Å². The topological polar surface area (TPSA) is 59.3 Å². The first-order valence-corrected chi connectivity index (χ1v) is 9.64. The highest BCUT2D eigenvalue weighted by atomic mass is 79.9. The van der Waals surface area contributed by atoms with Crippen molar-refractivity contribution in [2.24, 2.45) is 0 Å². The first kappa shape index (κ1) is 19.1. The number of fused-ring (bicyclic) bond motifs is 1. The van der Waals surface area contributed by atoms with Gasteiger partial charge >= 0.3 is 5.97 Å². The molecule has 1 N–H and O–H groups in total. The maximum Gasteiger partial charge on any atom is 0.353 e. The minimum absolute atomic E-state index is 0.0515. The van der Waals surface area contributed by atoms with Crippen LogP contribution in [0.5, 0.6) is 0 Å². The van der Waals surface area contributed by atoms with E-state index in [2.05, 4.69) is 15.9 Å². The van der Waals surface area contributed by atoms with Gasteiger partial charge in [-0.05, 0) is 46.8 Å². The Morgan fingerprint density at radius 1 is 0.966 bits per heavy atom. The molecule has 0 bridgehead atoms. The largest absolute Gasteiger partial charge is 0.477 e. The van der Waals surface area contributed by atoms with Crippen molar-refractivity contribution >= 4 is 32.7 Å². The van der Waals surface area contributed by atoms with Crippen LogP contribution in [0.4, 0.5) is 4.39 Å². The molecule has 0 aliphatic rings. The Hall–Kier alpha value is -3.25. The van der Waals surface area contributed by atoms with E-state index in [1.54, 1.807) is 36.4 Å². The summed E-state index contributed by atoms with van der Waals surface area (Å²) >= 11 is 3.41. The van der Waals surface area contributed by atoms with Gasteiger partial charge < -0.3 is 5.11 Å². The Bertz CT molecular complexity index is 1300. The number of pyridine rings is 1. The number of halogens is 2. The number of rotatable bonds is 4. The summed E-state index contributed by atoms with van der Waals surface area (Å²) < 4.78 is 15.6. The van der Waals surface area contributed by atoms with Crippen molar-refractivity contribution in [1.82, 2.24) is 4.57 Å². The van der Waals surface area contributed by atoms with Gasteiger partial charge in [0.05, 0.1) is 6.54 Å². The Morgan fingerprint density at radius 2 is 1.72 bits per heavy atom. The summed E-state index contributed by atoms with van der Waals surface area (Å²) in [5.74, 6) is -1.67. The number of nitrogens with zero attached hydrogens (tertiary/aromatic N) is 1. The molecule has 4 rings (SSSR count). The number of carbonyl (C=O) groups is 1. The van der Waals surface area contributed by atoms with Gasteiger partial charge in [-0.25, -0.2) is 9.18 Å². The lowest BCUT2D eigenvalue weighted by atomic mass is 9.96. The highest BCUT2D eigenvalue weighted by Gasteiger charge is 2.23. The van der Waals surface area contributed by atoms with Gasteiger partial charge in [0.2, 0.25) is 0 Å². The molecular weight excluding hydrogens is 437 g/mol. The van der Waals surface area contributed by atoms with Gasteiger partial charge in [-0.2, -0.15) is 0 Å². The van der Waals surface area contributed by atoms with Crippen LogP contribution in [0.3, 0.4) is 0 Å². The lowest BCUT2D eigenvalue weighted by Crippen LogP contribution is -2.28. The molecule has 4 nitrogen and oxygen atoms in total. The maximum atomic E-state index is 13.7. The van der Waals surface area contributed by atoms with Crippen molar-refractivity contribution in [3.05, 3.63) is 105 Å². The lowest BCUT2D eigenvalue weighted by Gasteiger charge is -2.18. The zero-order valence-electron chi connectivity index (χ0n) is 15.1. The Balaban J connectivity index is 2.12. The third-order valence-electron chi connectivity index (χ3n) is 4.73. The third-order valence-corrected chi connectivity index (χ3v) is 5.22. The zero-order chi connectivity index (χ0) is 20.5. The van der Waals surface area contributed by atoms with E-state index >= 15 is 0 Å².